The minimum absolute atomic E-state index is 0.00637. The molecule has 0 aromatic rings. The first kappa shape index (κ1) is 49.3. The summed E-state index contributed by atoms with van der Waals surface area (Å²) in [5.41, 5.74) is 0. The highest BCUT2D eigenvalue weighted by Gasteiger charge is 2.33. The Morgan fingerprint density at radius 3 is 1.24 bits per heavy atom. The van der Waals surface area contributed by atoms with E-state index in [0.717, 1.165) is 0 Å². The van der Waals surface area contributed by atoms with E-state index in [1.807, 2.05) is 0 Å². The van der Waals surface area contributed by atoms with Gasteiger partial charge in [0, 0.05) is 71.0 Å². The Balaban J connectivity index is 1.74. The van der Waals surface area contributed by atoms with Crippen LogP contribution in [-0.2, 0) is 72.0 Å². The van der Waals surface area contributed by atoms with E-state index in [0.29, 0.717) is 79.4 Å². The lowest BCUT2D eigenvalue weighted by molar-refractivity contribution is -0.197. The monoisotopic (exact) mass is 837 g/mol. The molecule has 9 amide bonds. The first-order valence-electron chi connectivity index (χ1n) is 19.9. The van der Waals surface area contributed by atoms with Crippen molar-refractivity contribution in [2.75, 3.05) is 39.3 Å². The second kappa shape index (κ2) is 27.8. The van der Waals surface area contributed by atoms with Crippen molar-refractivity contribution in [2.45, 2.75) is 122 Å². The minimum Gasteiger partial charge on any atom is -0.355 e. The molecule has 2 aliphatic rings. The van der Waals surface area contributed by atoms with E-state index >= 15 is 0 Å². The third-order valence-electron chi connectivity index (χ3n) is 8.64. The number of nitrogens with zero attached hydrogens (tertiary/aromatic N) is 4. The highest BCUT2D eigenvalue weighted by atomic mass is 16.7. The molecule has 0 radical (unpaired) electrons. The molecule has 22 heteroatoms. The van der Waals surface area contributed by atoms with Crippen molar-refractivity contribution in [1.82, 2.24) is 36.0 Å². The van der Waals surface area contributed by atoms with Gasteiger partial charge in [0.25, 0.3) is 35.9 Å². The molecule has 59 heavy (non-hydrogen) atoms. The van der Waals surface area contributed by atoms with Crippen LogP contribution in [0.25, 0.3) is 0 Å². The summed E-state index contributed by atoms with van der Waals surface area (Å²) in [5.74, 6) is -6.47. The molecule has 3 N–H and O–H groups in total. The van der Waals surface area contributed by atoms with Crippen molar-refractivity contribution in [3.05, 3.63) is 0 Å². The minimum atomic E-state index is -0.747. The first-order valence-corrected chi connectivity index (χ1v) is 19.9. The molecule has 0 aliphatic carbocycles. The van der Waals surface area contributed by atoms with Crippen LogP contribution in [0.1, 0.15) is 122 Å². The molecular weight excluding hydrogens is 782 g/mol. The normalized spacial score (nSPS) is 13.7. The summed E-state index contributed by atoms with van der Waals surface area (Å²) in [6, 6.07) is 0. The van der Waals surface area contributed by atoms with Gasteiger partial charge in [-0.2, -0.15) is 0 Å². The van der Waals surface area contributed by atoms with Gasteiger partial charge >= 0.3 is 17.9 Å². The van der Waals surface area contributed by atoms with Crippen molar-refractivity contribution in [3.8, 4) is 0 Å². The van der Waals surface area contributed by atoms with E-state index < -0.39 is 65.2 Å². The summed E-state index contributed by atoms with van der Waals surface area (Å²) < 4.78 is 0. The second-order valence-electron chi connectivity index (χ2n) is 13.8. The van der Waals surface area contributed by atoms with Crippen LogP contribution in [0.4, 0.5) is 0 Å². The summed E-state index contributed by atoms with van der Waals surface area (Å²) >= 11 is 0. The topological polar surface area (TPSA) is 282 Å². The molecule has 22 nitrogen and oxygen atoms in total. The zero-order chi connectivity index (χ0) is 43.6. The summed E-state index contributed by atoms with van der Waals surface area (Å²) in [4.78, 5) is 159. The molecule has 0 saturated carbocycles. The molecule has 2 fully saturated rings. The lowest BCUT2D eigenvalue weighted by Gasteiger charge is -2.21. The van der Waals surface area contributed by atoms with Gasteiger partial charge in [-0.15, -0.1) is 15.2 Å². The Bertz CT molecular complexity index is 1430. The summed E-state index contributed by atoms with van der Waals surface area (Å²) in [6.07, 6.45) is 4.62. The first-order chi connectivity index (χ1) is 28.2. The van der Waals surface area contributed by atoms with Crippen LogP contribution in [0.5, 0.6) is 0 Å². The molecule has 2 aliphatic heterocycles. The predicted octanol–water partition coefficient (Wildman–Crippen LogP) is -0.224. The van der Waals surface area contributed by atoms with Gasteiger partial charge in [0.15, 0.2) is 0 Å². The van der Waals surface area contributed by atoms with Crippen LogP contribution < -0.4 is 16.0 Å². The third-order valence-corrected chi connectivity index (χ3v) is 8.64. The molecule has 0 atom stereocenters. The second-order valence-corrected chi connectivity index (χ2v) is 13.8. The maximum atomic E-state index is 12.8. The average molecular weight is 838 g/mol. The Kier molecular flexibility index (Phi) is 23.2. The summed E-state index contributed by atoms with van der Waals surface area (Å²) in [7, 11) is 0. The predicted molar refractivity (Wildman–Crippen MR) is 199 cm³/mol. The summed E-state index contributed by atoms with van der Waals surface area (Å²) in [5, 5.41) is 9.47. The lowest BCUT2D eigenvalue weighted by Crippen LogP contribution is -2.47. The number of carbonyl (C=O) groups excluding carboxylic acids is 12. The number of hydrogen-bond donors (Lipinski definition) is 3. The quantitative estimate of drug-likeness (QED) is 0.0380. The molecule has 2 saturated heterocycles. The Hall–Kier alpha value is -5.80. The highest BCUT2D eigenvalue weighted by molar-refractivity contribution is 6.02. The molecule has 328 valence electrons. The molecule has 0 aromatic heterocycles. The number of hydroxylamine groups is 6. The number of carbonyl (C=O) groups is 12. The number of imide groups is 3. The van der Waals surface area contributed by atoms with Crippen molar-refractivity contribution >= 4 is 71.6 Å². The van der Waals surface area contributed by atoms with E-state index in [2.05, 4.69) is 16.0 Å². The molecule has 0 spiro atoms. The largest absolute Gasteiger partial charge is 0.355 e. The van der Waals surface area contributed by atoms with Crippen LogP contribution >= 0.6 is 0 Å². The lowest BCUT2D eigenvalue weighted by atomic mass is 10.2. The van der Waals surface area contributed by atoms with E-state index in [9.17, 15) is 57.5 Å². The number of rotatable bonds is 29. The fraction of sp³-hybridized carbons (Fsp3) is 0.676. The van der Waals surface area contributed by atoms with E-state index in [1.54, 1.807) is 6.92 Å². The fourth-order valence-electron chi connectivity index (χ4n) is 5.56. The zero-order valence-electron chi connectivity index (χ0n) is 33.5. The number of amides is 9. The fourth-order valence-corrected chi connectivity index (χ4v) is 5.56. The van der Waals surface area contributed by atoms with Crippen molar-refractivity contribution in [1.29, 1.82) is 0 Å². The van der Waals surface area contributed by atoms with E-state index in [4.69, 9.17) is 14.5 Å². The molecular formula is C37H55N7O15. The smallest absolute Gasteiger partial charge is 0.333 e. The van der Waals surface area contributed by atoms with Crippen LogP contribution in [0.15, 0.2) is 0 Å². The molecule has 0 aromatic carbocycles. The molecule has 0 bridgehead atoms. The third kappa shape index (κ3) is 20.5. The van der Waals surface area contributed by atoms with Crippen LogP contribution in [-0.4, -0.2) is 131 Å². The van der Waals surface area contributed by atoms with E-state index in [1.165, 1.54) is 4.90 Å². The number of unbranched alkanes of at least 4 members (excludes halogenated alkanes) is 6. The molecule has 2 rings (SSSR count). The number of nitrogens with one attached hydrogen (secondary N) is 3. The molecule has 0 unspecified atom stereocenters. The van der Waals surface area contributed by atoms with Crippen LogP contribution in [0.3, 0.4) is 0 Å². The van der Waals surface area contributed by atoms with Gasteiger partial charge in [-0.05, 0) is 44.9 Å². The SMILES string of the molecule is CCCC(=O)N(C=O)OC(=O)CCCCCNC(=O)CN(CC(=O)NCCCCCC(=O)ON1C(=O)CCC1=O)CC(=O)NCCCCCC(=O)ON1C(=O)CCC1=O. The maximum absolute atomic E-state index is 12.8. The van der Waals surface area contributed by atoms with Crippen molar-refractivity contribution < 1.29 is 72.0 Å². The highest BCUT2D eigenvalue weighted by Crippen LogP contribution is 2.15. The zero-order valence-corrected chi connectivity index (χ0v) is 33.5. The van der Waals surface area contributed by atoms with Gasteiger partial charge in [-0.3, -0.25) is 48.1 Å². The van der Waals surface area contributed by atoms with Crippen molar-refractivity contribution in [3.63, 3.8) is 0 Å². The average Bonchev–Trinajstić information content (AvgIpc) is 3.68. The maximum Gasteiger partial charge on any atom is 0.333 e. The standard InChI is InChI=1S/C37H55N7O15/c1-2-12-30(49)42(26-45)57-35(54)13-6-3-9-20-38-27(46)23-41(24-28(47)39-21-10-4-7-14-36(55)58-43-31(50)16-17-32(43)51)25-29(48)40-22-11-5-8-15-37(56)59-44-33(52)18-19-34(44)53/h26H,2-25H2,1H3,(H,38,46)(H,39,47)(H,40,48). The van der Waals surface area contributed by atoms with Gasteiger partial charge in [0.05, 0.1) is 19.6 Å². The van der Waals surface area contributed by atoms with Gasteiger partial charge in [-0.1, -0.05) is 26.2 Å². The Morgan fingerprint density at radius 2 is 0.898 bits per heavy atom. The van der Waals surface area contributed by atoms with Gasteiger partial charge in [0.2, 0.25) is 17.7 Å². The Labute approximate surface area is 341 Å². The van der Waals surface area contributed by atoms with Gasteiger partial charge in [-0.25, -0.2) is 14.4 Å². The van der Waals surface area contributed by atoms with Crippen LogP contribution in [0.2, 0.25) is 0 Å². The Morgan fingerprint density at radius 1 is 0.542 bits per heavy atom. The summed E-state index contributed by atoms with van der Waals surface area (Å²) in [6.45, 7) is 1.55. The molecule has 2 heterocycles. The van der Waals surface area contributed by atoms with Crippen LogP contribution in [0, 0.1) is 0 Å². The van der Waals surface area contributed by atoms with Gasteiger partial charge in [0.1, 0.15) is 0 Å². The number of hydrogen-bond acceptors (Lipinski definition) is 16. The van der Waals surface area contributed by atoms with Gasteiger partial charge < -0.3 is 30.5 Å². The van der Waals surface area contributed by atoms with Crippen molar-refractivity contribution in [2.24, 2.45) is 0 Å². The van der Waals surface area contributed by atoms with E-state index in [-0.39, 0.29) is 97.0 Å².